The molecule has 0 radical (unpaired) electrons. The molecule has 0 aromatic heterocycles. The Bertz CT molecular complexity index is 3080. The molecule has 546 valence electrons. The van der Waals surface area contributed by atoms with Crippen molar-refractivity contribution in [1.82, 2.24) is 60.0 Å². The van der Waals surface area contributed by atoms with Crippen molar-refractivity contribution in [3.63, 3.8) is 0 Å². The summed E-state index contributed by atoms with van der Waals surface area (Å²) in [6, 6.07) is -5.54. The summed E-state index contributed by atoms with van der Waals surface area (Å²) in [5, 5.41) is 8.11. The molecule has 3 N–H and O–H groups in total. The number of piperidine rings is 1. The highest BCUT2D eigenvalue weighted by molar-refractivity contribution is 6.31. The monoisotopic (exact) mass is 1400 g/mol. The first kappa shape index (κ1) is 78.3. The zero-order valence-electron chi connectivity index (χ0n) is 59.3. The van der Waals surface area contributed by atoms with E-state index in [0.717, 1.165) is 73.3 Å². The number of carbonyl (C=O) groups is 12. The van der Waals surface area contributed by atoms with Crippen LogP contribution in [-0.4, -0.2) is 251 Å². The smallest absolute Gasteiger partial charge is 0.343 e. The van der Waals surface area contributed by atoms with E-state index in [1.165, 1.54) is 84.8 Å². The van der Waals surface area contributed by atoms with Crippen LogP contribution in [0.15, 0.2) is 18.2 Å². The second-order valence-electron chi connectivity index (χ2n) is 29.4. The third kappa shape index (κ3) is 19.9. The highest BCUT2D eigenvalue weighted by atomic mass is 35.5. The van der Waals surface area contributed by atoms with Gasteiger partial charge in [0.2, 0.25) is 70.9 Å². The largest absolute Gasteiger partial charge is 0.417 e. The van der Waals surface area contributed by atoms with Gasteiger partial charge in [-0.05, 0) is 118 Å². The van der Waals surface area contributed by atoms with E-state index in [-0.39, 0.29) is 75.7 Å². The molecular formula is C70H106ClF3N12O12. The maximum absolute atomic E-state index is 15.4. The average molecular weight is 1400 g/mol. The van der Waals surface area contributed by atoms with Crippen LogP contribution in [0.5, 0.6) is 0 Å². The topological polar surface area (TPSA) is 270 Å². The number of nitrogens with one attached hydrogen (secondary N) is 3. The third-order valence-corrected chi connectivity index (χ3v) is 21.3. The van der Waals surface area contributed by atoms with Crippen LogP contribution in [0.2, 0.25) is 5.02 Å². The van der Waals surface area contributed by atoms with E-state index in [4.69, 9.17) is 11.6 Å². The number of hydrogen-bond acceptors (Lipinski definition) is 12. The molecule has 3 saturated carbocycles. The Morgan fingerprint density at radius 1 is 0.592 bits per heavy atom. The Kier molecular flexibility index (Phi) is 27.4. The summed E-state index contributed by atoms with van der Waals surface area (Å²) in [5.74, 6) is -8.40. The Balaban J connectivity index is 1.26. The van der Waals surface area contributed by atoms with E-state index < -0.39 is 167 Å². The molecule has 3 heterocycles. The lowest BCUT2D eigenvalue weighted by Crippen LogP contribution is -2.65. The molecule has 7 atom stereocenters. The van der Waals surface area contributed by atoms with E-state index in [1.807, 2.05) is 13.8 Å². The highest BCUT2D eigenvalue weighted by Gasteiger charge is 2.51. The molecule has 6 fully saturated rings. The minimum absolute atomic E-state index is 0.0232. The van der Waals surface area contributed by atoms with Gasteiger partial charge in [0.15, 0.2) is 0 Å². The van der Waals surface area contributed by atoms with Crippen molar-refractivity contribution < 1.29 is 70.7 Å². The number of rotatable bonds is 11. The predicted octanol–water partition coefficient (Wildman–Crippen LogP) is 5.25. The van der Waals surface area contributed by atoms with Gasteiger partial charge >= 0.3 is 6.18 Å². The summed E-state index contributed by atoms with van der Waals surface area (Å²) < 4.78 is 41.5. The molecule has 0 unspecified atom stereocenters. The summed E-state index contributed by atoms with van der Waals surface area (Å²) in [5.41, 5.74) is -2.35. The fraction of sp³-hybridized carbons (Fsp3) is 0.743. The van der Waals surface area contributed by atoms with E-state index in [1.54, 1.807) is 18.7 Å². The molecule has 28 heteroatoms. The van der Waals surface area contributed by atoms with Crippen molar-refractivity contribution in [2.75, 3.05) is 88.6 Å². The van der Waals surface area contributed by atoms with Crippen LogP contribution in [0.25, 0.3) is 0 Å². The van der Waals surface area contributed by atoms with E-state index >= 15 is 14.4 Å². The zero-order valence-corrected chi connectivity index (χ0v) is 60.1. The lowest BCUT2D eigenvalue weighted by atomic mass is 9.84. The maximum Gasteiger partial charge on any atom is 0.417 e. The van der Waals surface area contributed by atoms with Gasteiger partial charge in [-0.1, -0.05) is 103 Å². The Morgan fingerprint density at radius 3 is 1.80 bits per heavy atom. The molecule has 3 aliphatic heterocycles. The van der Waals surface area contributed by atoms with Crippen LogP contribution in [0.3, 0.4) is 0 Å². The normalized spacial score (nSPS) is 26.6. The minimum atomic E-state index is -4.76. The number of likely N-dealkylation sites (tertiary alicyclic amines) is 1. The van der Waals surface area contributed by atoms with Crippen LogP contribution in [-0.2, 0) is 70.1 Å². The van der Waals surface area contributed by atoms with E-state index in [9.17, 15) is 56.3 Å². The molecule has 12 amide bonds. The maximum atomic E-state index is 15.4. The summed E-state index contributed by atoms with van der Waals surface area (Å²) in [7, 11) is 9.91. The van der Waals surface area contributed by atoms with Gasteiger partial charge in [0.25, 0.3) is 0 Å². The number of alkyl halides is 3. The number of likely N-dealkylation sites (N-methyl/N-ethyl adjacent to an activating group) is 7. The number of halogens is 4. The van der Waals surface area contributed by atoms with Gasteiger partial charge in [-0.15, -0.1) is 0 Å². The number of fused-ring (bicyclic) bond motifs is 1. The van der Waals surface area contributed by atoms with Crippen molar-refractivity contribution in [2.24, 2.45) is 23.7 Å². The molecule has 7 rings (SSSR count). The van der Waals surface area contributed by atoms with Crippen molar-refractivity contribution in [3.8, 4) is 0 Å². The fourth-order valence-corrected chi connectivity index (χ4v) is 15.2. The van der Waals surface area contributed by atoms with Gasteiger partial charge < -0.3 is 60.0 Å². The number of amides is 12. The molecule has 1 aromatic carbocycles. The number of nitrogens with zero attached hydrogens (tertiary/aromatic N) is 9. The van der Waals surface area contributed by atoms with Crippen LogP contribution in [0.1, 0.15) is 174 Å². The first-order valence-corrected chi connectivity index (χ1v) is 35.7. The summed E-state index contributed by atoms with van der Waals surface area (Å²) in [6.07, 6.45) is 4.99. The molecule has 6 aliphatic rings. The third-order valence-electron chi connectivity index (χ3n) is 21.0. The Morgan fingerprint density at radius 2 is 1.19 bits per heavy atom. The van der Waals surface area contributed by atoms with Crippen molar-refractivity contribution >= 4 is 82.5 Å². The standard InChI is InChI=1S/C70H106ClF3N12O12/c1-43(2)35-53-61(91)76-51(37-47-24-25-47)63(93)80(7)41-58(89)78(5)42-59(90)82(9)54(38-45-21-14-12-15-22-45)65(95)79(6)40-56(87)75-50(29-27-46-26-28-48(49(71)36-46)70(72,73)74)64(94)86-34-20-23-52(86)62(92)77-69(30-16-17-31-69)68(98)84(11)60(44(3)4)67(97)83(10)55(39-57(88)81(53)8)66(96)85-32-18-13-19-33-85/h26,28,36,43-45,47,50-55,60H,12-25,27,29-35,37-42H2,1-11H3,(H,75,87)(H,76,91)(H,77,92)/t50-,51-,52-,53-,54-,55-,60-/m0/s1. The SMILES string of the molecule is CC(C)C[C@H]1C(=O)N[C@@H](CC2CC2)C(=O)N(C)CC(=O)N(C)CC(=O)N(C)[C@@H](CC2CCCCC2)C(=O)N(C)CC(=O)N[C@@H](CCc2ccc(C(F)(F)F)c(Cl)c2)C(=O)N2CCC[C@H]2C(=O)NC2(CCCC2)C(=O)N(C)[C@@H](C(C)C)C(=O)N(C)[C@H](C(=O)N2CCCCC2)CC(=O)N1C. The summed E-state index contributed by atoms with van der Waals surface area (Å²) >= 11 is 6.14. The number of carbonyl (C=O) groups excluding carboxylic acids is 12. The van der Waals surface area contributed by atoms with Gasteiger partial charge in [0.05, 0.1) is 36.6 Å². The molecule has 3 aliphatic carbocycles. The van der Waals surface area contributed by atoms with Gasteiger partial charge in [-0.3, -0.25) is 57.5 Å². The predicted molar refractivity (Wildman–Crippen MR) is 360 cm³/mol. The molecule has 24 nitrogen and oxygen atoms in total. The van der Waals surface area contributed by atoms with Gasteiger partial charge in [0, 0.05) is 69.0 Å². The molecular weight excluding hydrogens is 1290 g/mol. The molecule has 98 heavy (non-hydrogen) atoms. The van der Waals surface area contributed by atoms with Crippen molar-refractivity contribution in [2.45, 2.75) is 223 Å². The van der Waals surface area contributed by atoms with Gasteiger partial charge in [0.1, 0.15) is 47.8 Å². The number of aryl methyl sites for hydroxylation is 1. The van der Waals surface area contributed by atoms with Crippen LogP contribution in [0.4, 0.5) is 13.2 Å². The van der Waals surface area contributed by atoms with Crippen LogP contribution >= 0.6 is 11.6 Å². The second-order valence-corrected chi connectivity index (χ2v) is 29.8. The lowest BCUT2D eigenvalue weighted by Gasteiger charge is -2.42. The van der Waals surface area contributed by atoms with Gasteiger partial charge in [-0.2, -0.15) is 13.2 Å². The van der Waals surface area contributed by atoms with E-state index in [2.05, 4.69) is 16.0 Å². The first-order valence-electron chi connectivity index (χ1n) is 35.3. The average Bonchev–Trinajstić information content (AvgIpc) is 1.57. The van der Waals surface area contributed by atoms with Crippen molar-refractivity contribution in [3.05, 3.63) is 34.3 Å². The number of hydrogen-bond donors (Lipinski definition) is 3. The highest BCUT2D eigenvalue weighted by Crippen LogP contribution is 2.38. The first-order chi connectivity index (χ1) is 46.1. The Hall–Kier alpha value is -7.06. The van der Waals surface area contributed by atoms with Gasteiger partial charge in [-0.25, -0.2) is 0 Å². The molecule has 3 saturated heterocycles. The summed E-state index contributed by atoms with van der Waals surface area (Å²) in [6.45, 7) is 6.33. The number of benzene rings is 1. The van der Waals surface area contributed by atoms with Crippen LogP contribution < -0.4 is 16.0 Å². The second kappa shape index (κ2) is 34.3. The molecule has 1 spiro atoms. The van der Waals surface area contributed by atoms with Crippen molar-refractivity contribution in [1.29, 1.82) is 0 Å². The van der Waals surface area contributed by atoms with E-state index in [0.29, 0.717) is 50.8 Å². The fourth-order valence-electron chi connectivity index (χ4n) is 14.9. The lowest BCUT2D eigenvalue weighted by molar-refractivity contribution is -0.156. The minimum Gasteiger partial charge on any atom is -0.343 e. The van der Waals surface area contributed by atoms with Crippen LogP contribution in [0, 0.1) is 23.7 Å². The quantitative estimate of drug-likeness (QED) is 0.256. The molecule has 1 aromatic rings. The Labute approximate surface area is 580 Å². The molecule has 0 bridgehead atoms. The zero-order chi connectivity index (χ0) is 72.2. The summed E-state index contributed by atoms with van der Waals surface area (Å²) in [4.78, 5) is 189.